The zero-order chi connectivity index (χ0) is 12.1. The van der Waals surface area contributed by atoms with Crippen LogP contribution in [0.1, 0.15) is 16.8 Å². The topological polar surface area (TPSA) is 34.1 Å². The van der Waals surface area contributed by atoms with Crippen molar-refractivity contribution in [2.45, 2.75) is 20.1 Å². The largest absolute Gasteiger partial charge is 0.380 e. The summed E-state index contributed by atoms with van der Waals surface area (Å²) < 4.78 is 5.12. The van der Waals surface area contributed by atoms with Gasteiger partial charge in [-0.15, -0.1) is 11.3 Å². The summed E-state index contributed by atoms with van der Waals surface area (Å²) in [5.74, 6) is 0. The van der Waals surface area contributed by atoms with Crippen molar-refractivity contribution in [2.75, 3.05) is 12.4 Å². The average molecular weight is 248 g/mol. The normalized spacial score (nSPS) is 10.5. The molecule has 0 aliphatic heterocycles. The van der Waals surface area contributed by atoms with Crippen molar-refractivity contribution in [2.24, 2.45) is 0 Å². The lowest BCUT2D eigenvalue weighted by atomic mass is 10.1. The fraction of sp³-hybridized carbons (Fsp3) is 0.308. The first-order chi connectivity index (χ1) is 8.28. The Morgan fingerprint density at radius 3 is 2.88 bits per heavy atom. The van der Waals surface area contributed by atoms with Crippen LogP contribution in [0.2, 0.25) is 0 Å². The van der Waals surface area contributed by atoms with Gasteiger partial charge in [0.2, 0.25) is 0 Å². The van der Waals surface area contributed by atoms with Gasteiger partial charge in [0.25, 0.3) is 0 Å². The van der Waals surface area contributed by atoms with E-state index in [-0.39, 0.29) is 0 Å². The van der Waals surface area contributed by atoms with Crippen molar-refractivity contribution in [1.82, 2.24) is 4.98 Å². The Morgan fingerprint density at radius 2 is 2.18 bits per heavy atom. The van der Waals surface area contributed by atoms with Gasteiger partial charge in [0.05, 0.1) is 12.3 Å². The van der Waals surface area contributed by atoms with E-state index in [1.54, 1.807) is 18.4 Å². The minimum Gasteiger partial charge on any atom is -0.380 e. The summed E-state index contributed by atoms with van der Waals surface area (Å²) >= 11 is 1.64. The van der Waals surface area contributed by atoms with E-state index in [0.29, 0.717) is 6.61 Å². The lowest BCUT2D eigenvalue weighted by Gasteiger charge is -2.05. The van der Waals surface area contributed by atoms with E-state index in [9.17, 15) is 0 Å². The van der Waals surface area contributed by atoms with Crippen molar-refractivity contribution < 1.29 is 4.74 Å². The molecular weight excluding hydrogens is 232 g/mol. The molecule has 0 fully saturated rings. The molecule has 0 radical (unpaired) electrons. The number of ether oxygens (including phenoxy) is 1. The molecule has 0 aliphatic rings. The first-order valence-corrected chi connectivity index (χ1v) is 6.38. The van der Waals surface area contributed by atoms with Gasteiger partial charge in [-0.05, 0) is 18.1 Å². The maximum Gasteiger partial charge on any atom is 0.183 e. The van der Waals surface area contributed by atoms with E-state index in [4.69, 9.17) is 4.74 Å². The second-order valence-electron chi connectivity index (χ2n) is 3.90. The van der Waals surface area contributed by atoms with Gasteiger partial charge >= 0.3 is 0 Å². The molecule has 90 valence electrons. The molecule has 2 rings (SSSR count). The molecular formula is C13H16N2OS. The van der Waals surface area contributed by atoms with E-state index >= 15 is 0 Å². The number of benzene rings is 1. The first kappa shape index (κ1) is 12.1. The summed E-state index contributed by atoms with van der Waals surface area (Å²) in [6, 6.07) is 8.38. The first-order valence-electron chi connectivity index (χ1n) is 5.50. The van der Waals surface area contributed by atoms with Crippen molar-refractivity contribution in [3.8, 4) is 0 Å². The third-order valence-corrected chi connectivity index (χ3v) is 3.28. The maximum atomic E-state index is 5.12. The molecule has 0 bridgehead atoms. The van der Waals surface area contributed by atoms with Crippen LogP contribution in [0, 0.1) is 6.92 Å². The molecule has 0 aliphatic carbocycles. The Balaban J connectivity index is 1.96. The Bertz CT molecular complexity index is 482. The zero-order valence-electron chi connectivity index (χ0n) is 10.1. The monoisotopic (exact) mass is 248 g/mol. The smallest absolute Gasteiger partial charge is 0.183 e. The summed E-state index contributed by atoms with van der Waals surface area (Å²) in [4.78, 5) is 4.37. The van der Waals surface area contributed by atoms with Gasteiger partial charge in [0.1, 0.15) is 0 Å². The van der Waals surface area contributed by atoms with Gasteiger partial charge in [-0.3, -0.25) is 0 Å². The summed E-state index contributed by atoms with van der Waals surface area (Å²) in [5.41, 5.74) is 3.50. The quantitative estimate of drug-likeness (QED) is 0.882. The van der Waals surface area contributed by atoms with E-state index < -0.39 is 0 Å². The lowest BCUT2D eigenvalue weighted by molar-refractivity contribution is 0.185. The zero-order valence-corrected chi connectivity index (χ0v) is 10.9. The van der Waals surface area contributed by atoms with E-state index in [1.165, 1.54) is 11.1 Å². The number of thiazole rings is 1. The molecule has 2 aromatic rings. The molecule has 1 N–H and O–H groups in total. The van der Waals surface area contributed by atoms with Crippen LogP contribution < -0.4 is 5.32 Å². The van der Waals surface area contributed by atoms with Crippen LogP contribution in [0.4, 0.5) is 5.13 Å². The van der Waals surface area contributed by atoms with Crippen LogP contribution in [-0.4, -0.2) is 12.1 Å². The molecule has 0 amide bonds. The molecule has 0 saturated heterocycles. The van der Waals surface area contributed by atoms with Crippen LogP contribution in [-0.2, 0) is 17.9 Å². The van der Waals surface area contributed by atoms with Crippen LogP contribution in [0.5, 0.6) is 0 Å². The standard InChI is InChI=1S/C13H16N2OS/c1-10-9-17-13(15-10)14-7-11-4-3-5-12(6-11)8-16-2/h3-6,9H,7-8H2,1-2H3,(H,14,15). The fourth-order valence-corrected chi connectivity index (χ4v) is 2.30. The Kier molecular flexibility index (Phi) is 4.12. The maximum absolute atomic E-state index is 5.12. The minimum absolute atomic E-state index is 0.657. The minimum atomic E-state index is 0.657. The molecule has 0 atom stereocenters. The molecule has 0 saturated carbocycles. The van der Waals surface area contributed by atoms with Gasteiger partial charge in [0, 0.05) is 19.0 Å². The molecule has 1 aromatic carbocycles. The molecule has 4 heteroatoms. The second kappa shape index (κ2) is 5.80. The van der Waals surface area contributed by atoms with Gasteiger partial charge < -0.3 is 10.1 Å². The summed E-state index contributed by atoms with van der Waals surface area (Å²) in [6.07, 6.45) is 0. The average Bonchev–Trinajstić information content (AvgIpc) is 2.74. The van der Waals surface area contributed by atoms with E-state index in [1.807, 2.05) is 12.3 Å². The molecule has 0 unspecified atom stereocenters. The number of anilines is 1. The molecule has 1 heterocycles. The van der Waals surface area contributed by atoms with Crippen molar-refractivity contribution in [1.29, 1.82) is 0 Å². The predicted octanol–water partition coefficient (Wildman–Crippen LogP) is 3.21. The van der Waals surface area contributed by atoms with Crippen LogP contribution in [0.25, 0.3) is 0 Å². The number of hydrogen-bond donors (Lipinski definition) is 1. The Labute approximate surface area is 105 Å². The number of nitrogens with zero attached hydrogens (tertiary/aromatic N) is 1. The van der Waals surface area contributed by atoms with Gasteiger partial charge in [-0.25, -0.2) is 4.98 Å². The number of nitrogens with one attached hydrogen (secondary N) is 1. The van der Waals surface area contributed by atoms with Crippen molar-refractivity contribution in [3.05, 3.63) is 46.5 Å². The molecule has 0 spiro atoms. The lowest BCUT2D eigenvalue weighted by Crippen LogP contribution is -2.00. The van der Waals surface area contributed by atoms with Crippen LogP contribution in [0.15, 0.2) is 29.6 Å². The van der Waals surface area contributed by atoms with Crippen molar-refractivity contribution in [3.63, 3.8) is 0 Å². The highest BCUT2D eigenvalue weighted by Gasteiger charge is 1.99. The van der Waals surface area contributed by atoms with Gasteiger partial charge in [-0.1, -0.05) is 24.3 Å². The second-order valence-corrected chi connectivity index (χ2v) is 4.76. The summed E-state index contributed by atoms with van der Waals surface area (Å²) in [6.45, 7) is 3.45. The third kappa shape index (κ3) is 3.54. The van der Waals surface area contributed by atoms with Gasteiger partial charge in [-0.2, -0.15) is 0 Å². The molecule has 3 nitrogen and oxygen atoms in total. The highest BCUT2D eigenvalue weighted by molar-refractivity contribution is 7.13. The third-order valence-electron chi connectivity index (χ3n) is 2.37. The summed E-state index contributed by atoms with van der Waals surface area (Å²) in [7, 11) is 1.71. The Morgan fingerprint density at radius 1 is 1.35 bits per heavy atom. The number of methoxy groups -OCH3 is 1. The number of aryl methyl sites for hydroxylation is 1. The highest BCUT2D eigenvalue weighted by atomic mass is 32.1. The summed E-state index contributed by atoms with van der Waals surface area (Å²) in [5, 5.41) is 6.33. The van der Waals surface area contributed by atoms with Crippen LogP contribution in [0.3, 0.4) is 0 Å². The van der Waals surface area contributed by atoms with Crippen molar-refractivity contribution >= 4 is 16.5 Å². The van der Waals surface area contributed by atoms with E-state index in [2.05, 4.69) is 34.6 Å². The molecule has 17 heavy (non-hydrogen) atoms. The SMILES string of the molecule is COCc1cccc(CNc2nc(C)cs2)c1. The Hall–Kier alpha value is -1.39. The van der Waals surface area contributed by atoms with Gasteiger partial charge in [0.15, 0.2) is 5.13 Å². The van der Waals surface area contributed by atoms with E-state index in [0.717, 1.165) is 17.4 Å². The number of aromatic nitrogens is 1. The van der Waals surface area contributed by atoms with Crippen LogP contribution >= 0.6 is 11.3 Å². The predicted molar refractivity (Wildman–Crippen MR) is 71.3 cm³/mol. The fourth-order valence-electron chi connectivity index (χ4n) is 1.61. The number of hydrogen-bond acceptors (Lipinski definition) is 4. The number of rotatable bonds is 5. The highest BCUT2D eigenvalue weighted by Crippen LogP contribution is 2.16. The molecule has 1 aromatic heterocycles.